The number of amides is 1. The normalized spacial score (nSPS) is 13.9. The first-order valence-corrected chi connectivity index (χ1v) is 7.38. The fourth-order valence-electron chi connectivity index (χ4n) is 1.53. The zero-order valence-electron chi connectivity index (χ0n) is 10.6. The van der Waals surface area contributed by atoms with Crippen LogP contribution >= 0.6 is 0 Å². The van der Waals surface area contributed by atoms with Crippen molar-refractivity contribution in [1.82, 2.24) is 5.32 Å². The number of benzene rings is 1. The van der Waals surface area contributed by atoms with E-state index in [1.165, 1.54) is 0 Å². The van der Waals surface area contributed by atoms with Gasteiger partial charge >= 0.3 is 0 Å². The lowest BCUT2D eigenvalue weighted by atomic mass is 10.1. The van der Waals surface area contributed by atoms with Gasteiger partial charge in [0.15, 0.2) is 0 Å². The molecule has 1 aromatic rings. The Morgan fingerprint density at radius 3 is 2.39 bits per heavy atom. The van der Waals surface area contributed by atoms with E-state index in [2.05, 4.69) is 5.32 Å². The smallest absolute Gasteiger partial charge is 0.251 e. The maximum atomic E-state index is 11.9. The van der Waals surface area contributed by atoms with Gasteiger partial charge in [0.2, 0.25) is 0 Å². The summed E-state index contributed by atoms with van der Waals surface area (Å²) < 4.78 is 11.0. The summed E-state index contributed by atoms with van der Waals surface area (Å²) in [4.78, 5) is 11.9. The lowest BCUT2D eigenvalue weighted by Gasteiger charge is -2.13. The van der Waals surface area contributed by atoms with Crippen LogP contribution in [0.2, 0.25) is 0 Å². The van der Waals surface area contributed by atoms with Crippen molar-refractivity contribution in [3.05, 3.63) is 23.8 Å². The van der Waals surface area contributed by atoms with E-state index in [0.29, 0.717) is 29.1 Å². The van der Waals surface area contributed by atoms with Crippen molar-refractivity contribution in [3.8, 4) is 0 Å². The average molecular weight is 269 g/mol. The van der Waals surface area contributed by atoms with E-state index in [0.717, 1.165) is 0 Å². The molecule has 0 aromatic heterocycles. The fraction of sp³-hybridized carbons (Fsp3) is 0.417. The van der Waals surface area contributed by atoms with Gasteiger partial charge in [0.25, 0.3) is 5.91 Å². The maximum absolute atomic E-state index is 11.9. The Kier molecular flexibility index (Phi) is 5.15. The van der Waals surface area contributed by atoms with Crippen molar-refractivity contribution in [3.63, 3.8) is 0 Å². The second-order valence-electron chi connectivity index (χ2n) is 4.33. The van der Waals surface area contributed by atoms with Crippen LogP contribution in [0.15, 0.2) is 18.2 Å². The Bertz CT molecular complexity index is 442. The number of carbonyl (C=O) groups is 1. The lowest BCUT2D eigenvalue weighted by Crippen LogP contribution is -2.33. The molecule has 0 aliphatic carbocycles. The van der Waals surface area contributed by atoms with Crippen molar-refractivity contribution < 1.29 is 9.00 Å². The molecule has 0 aliphatic heterocycles. The van der Waals surface area contributed by atoms with Gasteiger partial charge in [-0.3, -0.25) is 9.00 Å². The van der Waals surface area contributed by atoms with Crippen LogP contribution in [0.4, 0.5) is 11.4 Å². The van der Waals surface area contributed by atoms with E-state index >= 15 is 0 Å². The summed E-state index contributed by atoms with van der Waals surface area (Å²) in [6.45, 7) is 1.88. The minimum atomic E-state index is -0.844. The highest BCUT2D eigenvalue weighted by atomic mass is 32.2. The Morgan fingerprint density at radius 1 is 1.33 bits per heavy atom. The van der Waals surface area contributed by atoms with E-state index in [4.69, 9.17) is 11.5 Å². The first-order chi connectivity index (χ1) is 8.38. The zero-order chi connectivity index (χ0) is 13.7. The molecule has 5 N–H and O–H groups in total. The van der Waals surface area contributed by atoms with E-state index < -0.39 is 10.8 Å². The molecule has 0 radical (unpaired) electrons. The van der Waals surface area contributed by atoms with E-state index in [9.17, 15) is 9.00 Å². The molecule has 1 aromatic carbocycles. The summed E-state index contributed by atoms with van der Waals surface area (Å²) in [6, 6.07) is 4.72. The highest BCUT2D eigenvalue weighted by Crippen LogP contribution is 2.13. The van der Waals surface area contributed by atoms with Crippen molar-refractivity contribution in [2.45, 2.75) is 19.4 Å². The van der Waals surface area contributed by atoms with Gasteiger partial charge in [0, 0.05) is 45.8 Å². The third-order valence-corrected chi connectivity index (χ3v) is 3.27. The van der Waals surface area contributed by atoms with Gasteiger partial charge in [-0.05, 0) is 31.5 Å². The van der Waals surface area contributed by atoms with Crippen LogP contribution in [0.25, 0.3) is 0 Å². The number of nitrogen functional groups attached to an aromatic ring is 2. The summed E-state index contributed by atoms with van der Waals surface area (Å²) in [7, 11) is -0.844. The summed E-state index contributed by atoms with van der Waals surface area (Å²) in [6.07, 6.45) is 2.32. The molecule has 18 heavy (non-hydrogen) atoms. The molecular weight excluding hydrogens is 250 g/mol. The summed E-state index contributed by atoms with van der Waals surface area (Å²) in [5, 5.41) is 2.82. The van der Waals surface area contributed by atoms with Crippen LogP contribution in [0, 0.1) is 0 Å². The number of hydrogen-bond donors (Lipinski definition) is 3. The minimum Gasteiger partial charge on any atom is -0.399 e. The molecule has 0 bridgehead atoms. The largest absolute Gasteiger partial charge is 0.399 e. The Labute approximate surface area is 109 Å². The van der Waals surface area contributed by atoms with E-state index in [1.54, 1.807) is 24.5 Å². The van der Waals surface area contributed by atoms with Gasteiger partial charge in [0.05, 0.1) is 0 Å². The summed E-state index contributed by atoms with van der Waals surface area (Å²) in [5.74, 6) is 0.351. The van der Waals surface area contributed by atoms with Crippen LogP contribution in [-0.2, 0) is 10.8 Å². The molecule has 100 valence electrons. The van der Waals surface area contributed by atoms with Gasteiger partial charge in [-0.2, -0.15) is 0 Å². The number of rotatable bonds is 5. The van der Waals surface area contributed by atoms with Gasteiger partial charge in [-0.25, -0.2) is 0 Å². The zero-order valence-corrected chi connectivity index (χ0v) is 11.4. The monoisotopic (exact) mass is 269 g/mol. The number of nitrogens with one attached hydrogen (secondary N) is 1. The molecule has 0 fully saturated rings. The molecule has 0 heterocycles. The summed E-state index contributed by atoms with van der Waals surface area (Å²) in [5.41, 5.74) is 12.6. The third-order valence-electron chi connectivity index (χ3n) is 2.46. The molecule has 6 heteroatoms. The topological polar surface area (TPSA) is 98.2 Å². The van der Waals surface area contributed by atoms with Crippen LogP contribution in [-0.4, -0.2) is 28.2 Å². The lowest BCUT2D eigenvalue weighted by molar-refractivity contribution is 0.0939. The molecular formula is C12H19N3O2S. The number of carbonyl (C=O) groups excluding carboxylic acids is 1. The first-order valence-electron chi connectivity index (χ1n) is 5.65. The highest BCUT2D eigenvalue weighted by molar-refractivity contribution is 7.84. The Balaban J connectivity index is 2.61. The molecule has 0 saturated carbocycles. The fourth-order valence-corrected chi connectivity index (χ4v) is 2.22. The van der Waals surface area contributed by atoms with Gasteiger partial charge in [-0.15, -0.1) is 0 Å². The Morgan fingerprint density at radius 2 is 1.89 bits per heavy atom. The second kappa shape index (κ2) is 6.39. The molecule has 5 nitrogen and oxygen atoms in total. The maximum Gasteiger partial charge on any atom is 0.251 e. The van der Waals surface area contributed by atoms with E-state index in [1.807, 2.05) is 6.92 Å². The van der Waals surface area contributed by atoms with Crippen LogP contribution in [0.1, 0.15) is 23.7 Å². The molecule has 2 atom stereocenters. The quantitative estimate of drug-likeness (QED) is 0.686. The minimum absolute atomic E-state index is 0.0379. The summed E-state index contributed by atoms with van der Waals surface area (Å²) >= 11 is 0. The Hall–Kier alpha value is -1.56. The van der Waals surface area contributed by atoms with Gasteiger partial charge in [-0.1, -0.05) is 0 Å². The third kappa shape index (κ3) is 4.75. The van der Waals surface area contributed by atoms with E-state index in [-0.39, 0.29) is 11.9 Å². The first kappa shape index (κ1) is 14.5. The standard InChI is InChI=1S/C12H19N3O2S/c1-8(3-4-18(2)17)15-12(16)9-5-10(13)7-11(14)6-9/h5-8H,3-4,13-14H2,1-2H3,(H,15,16). The highest BCUT2D eigenvalue weighted by Gasteiger charge is 2.11. The molecule has 0 spiro atoms. The number of nitrogens with two attached hydrogens (primary N) is 2. The average Bonchev–Trinajstić information content (AvgIpc) is 2.25. The molecule has 1 rings (SSSR count). The molecule has 1 amide bonds. The van der Waals surface area contributed by atoms with Crippen molar-refractivity contribution in [2.24, 2.45) is 0 Å². The van der Waals surface area contributed by atoms with Crippen LogP contribution in [0.3, 0.4) is 0 Å². The molecule has 2 unspecified atom stereocenters. The SMILES string of the molecule is CC(CCS(C)=O)NC(=O)c1cc(N)cc(N)c1. The molecule has 0 aliphatic rings. The predicted octanol–water partition coefficient (Wildman–Crippen LogP) is 0.738. The van der Waals surface area contributed by atoms with Gasteiger partial charge in [0.1, 0.15) is 0 Å². The number of hydrogen-bond acceptors (Lipinski definition) is 4. The van der Waals surface area contributed by atoms with Crippen molar-refractivity contribution >= 4 is 28.1 Å². The van der Waals surface area contributed by atoms with Crippen molar-refractivity contribution in [1.29, 1.82) is 0 Å². The van der Waals surface area contributed by atoms with Crippen molar-refractivity contribution in [2.75, 3.05) is 23.5 Å². The number of anilines is 2. The van der Waals surface area contributed by atoms with Crippen LogP contribution in [0.5, 0.6) is 0 Å². The predicted molar refractivity (Wildman–Crippen MR) is 75.7 cm³/mol. The van der Waals surface area contributed by atoms with Crippen LogP contribution < -0.4 is 16.8 Å². The van der Waals surface area contributed by atoms with Gasteiger partial charge < -0.3 is 16.8 Å². The second-order valence-corrected chi connectivity index (χ2v) is 5.88. The molecule has 0 saturated heterocycles.